The minimum Gasteiger partial charge on any atom is -0.463 e. The zero-order valence-corrected chi connectivity index (χ0v) is 39.7. The largest absolute Gasteiger partial charge is 0.463 e. The molecule has 18 heteroatoms. The monoisotopic (exact) mass is 990 g/mol. The molecule has 0 radical (unpaired) electrons. The molecule has 0 unspecified atom stereocenters. The van der Waals surface area contributed by atoms with Crippen LogP contribution in [0, 0.1) is 6.92 Å². The van der Waals surface area contributed by atoms with Crippen LogP contribution in [-0.2, 0) is 61.8 Å². The lowest BCUT2D eigenvalue weighted by atomic mass is 9.96. The highest BCUT2D eigenvalue weighted by molar-refractivity contribution is 7.99. The van der Waals surface area contributed by atoms with Gasteiger partial charge in [0.05, 0.1) is 22.3 Å². The van der Waals surface area contributed by atoms with Gasteiger partial charge >= 0.3 is 41.8 Å². The summed E-state index contributed by atoms with van der Waals surface area (Å²) in [6.07, 6.45) is -15.0. The summed E-state index contributed by atoms with van der Waals surface area (Å²) in [7, 11) is 0. The van der Waals surface area contributed by atoms with Crippen LogP contribution >= 0.6 is 11.8 Å². The van der Waals surface area contributed by atoms with Gasteiger partial charge < -0.3 is 47.4 Å². The second-order valence-corrected chi connectivity index (χ2v) is 17.3. The third-order valence-corrected chi connectivity index (χ3v) is 12.3. The molecular weight excluding hydrogens is 941 g/mol. The second kappa shape index (κ2) is 24.4. The van der Waals surface area contributed by atoms with E-state index in [2.05, 4.69) is 0 Å². The van der Waals surface area contributed by atoms with E-state index in [1.54, 1.807) is 84.9 Å². The van der Waals surface area contributed by atoms with E-state index in [0.717, 1.165) is 31.2 Å². The Labute approximate surface area is 412 Å². The molecule has 0 aromatic heterocycles. The van der Waals surface area contributed by atoms with Crippen molar-refractivity contribution in [3.63, 3.8) is 0 Å². The zero-order valence-electron chi connectivity index (χ0n) is 38.9. The molecule has 0 saturated carbocycles. The maximum absolute atomic E-state index is 14.3. The summed E-state index contributed by atoms with van der Waals surface area (Å²) in [4.78, 5) is 95.4. The molecule has 17 nitrogen and oxygen atoms in total. The van der Waals surface area contributed by atoms with E-state index in [4.69, 9.17) is 47.4 Å². The fraction of sp³-hybridized carbons (Fsp3) is 0.302. The lowest BCUT2D eigenvalue weighted by Gasteiger charge is -2.49. The summed E-state index contributed by atoms with van der Waals surface area (Å²) in [5, 5.41) is 0. The number of rotatable bonds is 17. The van der Waals surface area contributed by atoms with Gasteiger partial charge in [-0.25, -0.2) is 19.2 Å². The molecule has 10 atom stereocenters. The van der Waals surface area contributed by atoms with Crippen LogP contribution in [0.3, 0.4) is 0 Å². The number of carbonyl (C=O) groups excluding carboxylic acids is 7. The first-order valence-corrected chi connectivity index (χ1v) is 23.3. The molecule has 0 aliphatic carbocycles. The van der Waals surface area contributed by atoms with Crippen LogP contribution in [0.15, 0.2) is 150 Å². The summed E-state index contributed by atoms with van der Waals surface area (Å²) in [5.41, 5.74) is -0.0576. The maximum atomic E-state index is 14.3. The lowest BCUT2D eigenvalue weighted by molar-refractivity contribution is -0.336. The van der Waals surface area contributed by atoms with Crippen molar-refractivity contribution in [2.45, 2.75) is 93.1 Å². The van der Waals surface area contributed by atoms with Gasteiger partial charge in [-0.15, -0.1) is 0 Å². The van der Waals surface area contributed by atoms with Crippen LogP contribution in [0.1, 0.15) is 67.8 Å². The third kappa shape index (κ3) is 13.7. The van der Waals surface area contributed by atoms with Gasteiger partial charge in [0.25, 0.3) is 0 Å². The highest BCUT2D eigenvalue weighted by atomic mass is 32.2. The van der Waals surface area contributed by atoms with Gasteiger partial charge in [-0.1, -0.05) is 103 Å². The molecular formula is C53H50O17S. The molecule has 370 valence electrons. The van der Waals surface area contributed by atoms with Crippen molar-refractivity contribution in [1.82, 2.24) is 0 Å². The Morgan fingerprint density at radius 2 is 0.831 bits per heavy atom. The molecule has 2 fully saturated rings. The number of hydrogen-bond acceptors (Lipinski definition) is 18. The number of esters is 7. The van der Waals surface area contributed by atoms with E-state index in [-0.39, 0.29) is 22.3 Å². The van der Waals surface area contributed by atoms with Crippen LogP contribution in [0.2, 0.25) is 0 Å². The van der Waals surface area contributed by atoms with Gasteiger partial charge in [0.1, 0.15) is 37.0 Å². The summed E-state index contributed by atoms with van der Waals surface area (Å²) < 4.78 is 61.7. The van der Waals surface area contributed by atoms with Crippen LogP contribution in [-0.4, -0.2) is 116 Å². The van der Waals surface area contributed by atoms with Gasteiger partial charge in [-0.3, -0.25) is 14.4 Å². The smallest absolute Gasteiger partial charge is 0.338 e. The van der Waals surface area contributed by atoms with E-state index in [1.807, 2.05) is 19.1 Å². The number of hydrogen-bond donors (Lipinski definition) is 0. The van der Waals surface area contributed by atoms with Gasteiger partial charge in [0.15, 0.2) is 36.8 Å². The lowest BCUT2D eigenvalue weighted by Crippen LogP contribution is -2.67. The maximum Gasteiger partial charge on any atom is 0.338 e. The number of carbonyl (C=O) groups is 7. The van der Waals surface area contributed by atoms with Gasteiger partial charge in [-0.2, -0.15) is 0 Å². The summed E-state index contributed by atoms with van der Waals surface area (Å²) in [6.45, 7) is 4.09. The van der Waals surface area contributed by atoms with Gasteiger partial charge in [0.2, 0.25) is 0 Å². The van der Waals surface area contributed by atoms with Crippen LogP contribution < -0.4 is 0 Å². The Bertz CT molecular complexity index is 2630. The van der Waals surface area contributed by atoms with Crippen LogP contribution in [0.25, 0.3) is 0 Å². The Hall–Kier alpha value is -7.38. The molecule has 0 spiro atoms. The average Bonchev–Trinajstić information content (AvgIpc) is 3.37. The predicted molar refractivity (Wildman–Crippen MR) is 251 cm³/mol. The molecule has 2 heterocycles. The predicted octanol–water partition coefficient (Wildman–Crippen LogP) is 6.88. The van der Waals surface area contributed by atoms with E-state index >= 15 is 0 Å². The fourth-order valence-corrected chi connectivity index (χ4v) is 8.92. The quantitative estimate of drug-likeness (QED) is 0.0686. The molecule has 2 saturated heterocycles. The average molecular weight is 991 g/mol. The number of ether oxygens (including phenoxy) is 10. The molecule has 2 aliphatic heterocycles. The molecule has 0 bridgehead atoms. The number of benzene rings is 5. The van der Waals surface area contributed by atoms with Crippen molar-refractivity contribution in [3.8, 4) is 0 Å². The molecule has 0 N–H and O–H groups in total. The summed E-state index contributed by atoms with van der Waals surface area (Å²) in [6, 6.07) is 38.6. The van der Waals surface area contributed by atoms with Gasteiger partial charge in [-0.05, 0) is 67.1 Å². The van der Waals surface area contributed by atoms with E-state index in [1.165, 1.54) is 55.5 Å². The van der Waals surface area contributed by atoms with E-state index < -0.39 is 116 Å². The Kier molecular flexibility index (Phi) is 17.7. The highest BCUT2D eigenvalue weighted by Gasteiger charge is 2.58. The first-order chi connectivity index (χ1) is 34.2. The molecule has 5 aromatic rings. The molecule has 7 rings (SSSR count). The minimum absolute atomic E-state index is 0.0360. The number of aryl methyl sites for hydroxylation is 1. The first kappa shape index (κ1) is 51.5. The van der Waals surface area contributed by atoms with Crippen molar-refractivity contribution in [3.05, 3.63) is 173 Å². The third-order valence-electron chi connectivity index (χ3n) is 11.0. The van der Waals surface area contributed by atoms with Crippen LogP contribution in [0.5, 0.6) is 0 Å². The molecule has 71 heavy (non-hydrogen) atoms. The fourth-order valence-electron chi connectivity index (χ4n) is 7.72. The zero-order chi connectivity index (χ0) is 50.4. The normalized spacial score (nSPS) is 23.7. The van der Waals surface area contributed by atoms with Crippen molar-refractivity contribution in [1.29, 1.82) is 0 Å². The van der Waals surface area contributed by atoms with Crippen molar-refractivity contribution < 1.29 is 80.9 Å². The van der Waals surface area contributed by atoms with Crippen LogP contribution in [0.4, 0.5) is 0 Å². The van der Waals surface area contributed by atoms with E-state index in [0.29, 0.717) is 4.90 Å². The van der Waals surface area contributed by atoms with Gasteiger partial charge in [0, 0.05) is 25.7 Å². The summed E-state index contributed by atoms with van der Waals surface area (Å²) >= 11 is 1.13. The molecule has 2 aliphatic rings. The standard InChI is InChI=1S/C53H50O17S/c1-31-19-17-18-28-41(31)71-53-47(64-34(4)56)45(42(63-33(3)55)40(66-53)29-61-32(2)54)70-52-46(69-51(60)38-26-15-8-16-27-38)44(68-50(59)37-24-13-7-14-25-37)43(67-49(58)36-22-11-6-12-23-36)39(65-52)30-62-48(57)35-20-9-5-10-21-35/h5-28,39-40,42-47,52-53H,29-30H2,1-4H3/t39-,40-,42+,43+,44+,45+,46-,47-,52+,53+/m1/s1. The SMILES string of the molecule is CC(=O)OC[C@H]1O[C@@H](Sc2ccccc2C)[C@H](OC(C)=O)[C@@H](O[C@@H]2O[C@H](COC(=O)c3ccccc3)[C@H](OC(=O)c3ccccc3)[C@H](OC(=O)c3ccccc3)[C@H]2OC(=O)c2ccccc2)[C@H]1OC(C)=O. The first-order valence-electron chi connectivity index (χ1n) is 22.4. The molecule has 5 aromatic carbocycles. The number of thioether (sulfide) groups is 1. The van der Waals surface area contributed by atoms with Crippen molar-refractivity contribution in [2.75, 3.05) is 13.2 Å². The van der Waals surface area contributed by atoms with E-state index in [9.17, 15) is 33.6 Å². The Morgan fingerprint density at radius 1 is 0.423 bits per heavy atom. The minimum atomic E-state index is -1.94. The van der Waals surface area contributed by atoms with Crippen molar-refractivity contribution >= 4 is 53.5 Å². The molecule has 0 amide bonds. The highest BCUT2D eigenvalue weighted by Crippen LogP contribution is 2.41. The second-order valence-electron chi connectivity index (χ2n) is 16.2. The topological polar surface area (TPSA) is 212 Å². The van der Waals surface area contributed by atoms with Crippen molar-refractivity contribution in [2.24, 2.45) is 0 Å². The Balaban J connectivity index is 1.39. The summed E-state index contributed by atoms with van der Waals surface area (Å²) in [5.74, 6) is -6.04. The Morgan fingerprint density at radius 3 is 1.32 bits per heavy atom.